The summed E-state index contributed by atoms with van der Waals surface area (Å²) in [6.45, 7) is 6.16. The first-order chi connectivity index (χ1) is 11.8. The van der Waals surface area contributed by atoms with Gasteiger partial charge in [-0.05, 0) is 67.6 Å². The molecule has 1 N–H and O–H groups in total. The van der Waals surface area contributed by atoms with E-state index in [4.69, 9.17) is 4.74 Å². The van der Waals surface area contributed by atoms with Crippen molar-refractivity contribution in [1.29, 1.82) is 0 Å². The van der Waals surface area contributed by atoms with Crippen LogP contribution in [0.2, 0.25) is 0 Å². The number of ether oxygens (including phenoxy) is 1. The summed E-state index contributed by atoms with van der Waals surface area (Å²) < 4.78 is 5.69. The van der Waals surface area contributed by atoms with E-state index in [-0.39, 0.29) is 34.9 Å². The second-order valence-corrected chi connectivity index (χ2v) is 9.75. The molecule has 0 aliphatic heterocycles. The average Bonchev–Trinajstić information content (AvgIpc) is 2.86. The summed E-state index contributed by atoms with van der Waals surface area (Å²) in [5, 5.41) is 10.9. The average molecular weight is 348 g/mol. The third-order valence-electron chi connectivity index (χ3n) is 8.72. The number of ketones is 1. The van der Waals surface area contributed by atoms with E-state index in [1.54, 1.807) is 0 Å². The zero-order valence-electron chi connectivity index (χ0n) is 15.8. The Hall–Kier alpha value is -0.900. The second kappa shape index (κ2) is 5.80. The summed E-state index contributed by atoms with van der Waals surface area (Å²) in [5.74, 6) is 1.93. The quantitative estimate of drug-likeness (QED) is 0.737. The minimum absolute atomic E-state index is 0.0338. The first-order valence-corrected chi connectivity index (χ1v) is 10.1. The lowest BCUT2D eigenvalue weighted by atomic mass is 9.44. The van der Waals surface area contributed by atoms with Crippen molar-refractivity contribution in [1.82, 2.24) is 0 Å². The smallest absolute Gasteiger partial charge is 0.302 e. The Balaban J connectivity index is 1.62. The Labute approximate surface area is 150 Å². The van der Waals surface area contributed by atoms with Gasteiger partial charge in [0.15, 0.2) is 0 Å². The molecule has 4 nitrogen and oxygen atoms in total. The zero-order chi connectivity index (χ0) is 18.0. The van der Waals surface area contributed by atoms with Gasteiger partial charge in [0.25, 0.3) is 0 Å². The fourth-order valence-electron chi connectivity index (χ4n) is 7.43. The van der Waals surface area contributed by atoms with Gasteiger partial charge in [0.1, 0.15) is 11.9 Å². The third-order valence-corrected chi connectivity index (χ3v) is 8.72. The normalized spacial score (nSPS) is 52.1. The van der Waals surface area contributed by atoms with E-state index in [0.717, 1.165) is 38.5 Å². The number of Topliss-reactive ketones (excluding diaryl/α,β-unsaturated/α-hetero) is 1. The molecule has 0 unspecified atom stereocenters. The Morgan fingerprint density at radius 2 is 1.80 bits per heavy atom. The van der Waals surface area contributed by atoms with Crippen LogP contribution in [0.5, 0.6) is 0 Å². The van der Waals surface area contributed by atoms with E-state index in [1.807, 2.05) is 0 Å². The lowest BCUT2D eigenvalue weighted by Gasteiger charge is -2.61. The number of hydrogen-bond donors (Lipinski definition) is 1. The fourth-order valence-corrected chi connectivity index (χ4v) is 7.43. The largest absolute Gasteiger partial charge is 0.462 e. The first kappa shape index (κ1) is 17.5. The molecule has 8 atom stereocenters. The highest BCUT2D eigenvalue weighted by Gasteiger charge is 2.62. The monoisotopic (exact) mass is 348 g/mol. The molecule has 4 aliphatic carbocycles. The topological polar surface area (TPSA) is 63.6 Å². The van der Waals surface area contributed by atoms with Gasteiger partial charge >= 0.3 is 5.97 Å². The van der Waals surface area contributed by atoms with Crippen molar-refractivity contribution in [3.63, 3.8) is 0 Å². The van der Waals surface area contributed by atoms with Crippen LogP contribution >= 0.6 is 0 Å². The molecule has 0 heterocycles. The highest BCUT2D eigenvalue weighted by Crippen LogP contribution is 2.66. The van der Waals surface area contributed by atoms with Crippen LogP contribution in [0.4, 0.5) is 0 Å². The molecule has 0 radical (unpaired) electrons. The Kier molecular flexibility index (Phi) is 4.06. The highest BCUT2D eigenvalue weighted by molar-refractivity contribution is 5.79. The number of carbonyl (C=O) groups excluding carboxylic acids is 2. The van der Waals surface area contributed by atoms with Crippen molar-refractivity contribution in [2.75, 3.05) is 0 Å². The maximum Gasteiger partial charge on any atom is 0.302 e. The Morgan fingerprint density at radius 1 is 1.08 bits per heavy atom. The number of aliphatic hydroxyl groups is 1. The van der Waals surface area contributed by atoms with Crippen LogP contribution in [-0.4, -0.2) is 29.1 Å². The SMILES string of the molecule is CC(=O)O[C@H]1CC[C@H]2[C@@H]3C[C@@H](O)[C@H]4CC(=O)CC[C@]4(C)[C@@H]3CC[C@]12C. The van der Waals surface area contributed by atoms with Gasteiger partial charge in [0.05, 0.1) is 6.10 Å². The molecule has 0 aromatic heterocycles. The fraction of sp³-hybridized carbons (Fsp3) is 0.905. The van der Waals surface area contributed by atoms with E-state index in [1.165, 1.54) is 6.92 Å². The molecule has 0 bridgehead atoms. The van der Waals surface area contributed by atoms with Gasteiger partial charge in [-0.2, -0.15) is 0 Å². The van der Waals surface area contributed by atoms with Crippen LogP contribution in [0.25, 0.3) is 0 Å². The summed E-state index contributed by atoms with van der Waals surface area (Å²) in [6, 6.07) is 0. The molecule has 0 aromatic carbocycles. The minimum atomic E-state index is -0.356. The number of fused-ring (bicyclic) bond motifs is 5. The maximum absolute atomic E-state index is 12.0. The number of rotatable bonds is 1. The predicted molar refractivity (Wildman–Crippen MR) is 93.7 cm³/mol. The van der Waals surface area contributed by atoms with E-state index < -0.39 is 0 Å². The summed E-state index contributed by atoms with van der Waals surface area (Å²) in [6.07, 6.45) is 6.99. The van der Waals surface area contributed by atoms with Gasteiger partial charge in [-0.25, -0.2) is 0 Å². The van der Waals surface area contributed by atoms with E-state index >= 15 is 0 Å². The molecule has 0 amide bonds. The molecule has 0 aromatic rings. The number of esters is 1. The first-order valence-electron chi connectivity index (χ1n) is 10.1. The van der Waals surface area contributed by atoms with Crippen LogP contribution in [0.15, 0.2) is 0 Å². The van der Waals surface area contributed by atoms with E-state index in [2.05, 4.69) is 13.8 Å². The minimum Gasteiger partial charge on any atom is -0.462 e. The van der Waals surface area contributed by atoms with Gasteiger partial charge in [-0.3, -0.25) is 9.59 Å². The highest BCUT2D eigenvalue weighted by atomic mass is 16.5. The van der Waals surface area contributed by atoms with Gasteiger partial charge in [0, 0.05) is 25.2 Å². The van der Waals surface area contributed by atoms with Gasteiger partial charge in [0.2, 0.25) is 0 Å². The number of aliphatic hydroxyl groups excluding tert-OH is 1. The van der Waals surface area contributed by atoms with Crippen LogP contribution in [0, 0.1) is 34.5 Å². The Morgan fingerprint density at radius 3 is 2.52 bits per heavy atom. The lowest BCUT2D eigenvalue weighted by molar-refractivity contribution is -0.176. The number of hydrogen-bond acceptors (Lipinski definition) is 4. The van der Waals surface area contributed by atoms with Gasteiger partial charge in [-0.1, -0.05) is 13.8 Å². The molecule has 4 heteroatoms. The summed E-state index contributed by atoms with van der Waals surface area (Å²) >= 11 is 0. The van der Waals surface area contributed by atoms with Crippen LogP contribution in [-0.2, 0) is 14.3 Å². The summed E-state index contributed by atoms with van der Waals surface area (Å²) in [4.78, 5) is 23.5. The molecule has 4 saturated carbocycles. The molecule has 140 valence electrons. The van der Waals surface area contributed by atoms with Crippen LogP contribution < -0.4 is 0 Å². The molecule has 0 spiro atoms. The van der Waals surface area contributed by atoms with E-state index in [9.17, 15) is 14.7 Å². The van der Waals surface area contributed by atoms with E-state index in [0.29, 0.717) is 36.4 Å². The summed E-state index contributed by atoms with van der Waals surface area (Å²) in [5.41, 5.74) is 0.150. The molecule has 0 saturated heterocycles. The lowest BCUT2D eigenvalue weighted by Crippen LogP contribution is -2.58. The molecule has 4 fully saturated rings. The number of carbonyl (C=O) groups is 2. The van der Waals surface area contributed by atoms with Crippen LogP contribution in [0.3, 0.4) is 0 Å². The molecule has 4 aliphatic rings. The Bertz CT molecular complexity index is 586. The molecule has 25 heavy (non-hydrogen) atoms. The molecular weight excluding hydrogens is 316 g/mol. The van der Waals surface area contributed by atoms with Crippen molar-refractivity contribution < 1.29 is 19.4 Å². The van der Waals surface area contributed by atoms with Gasteiger partial charge in [-0.15, -0.1) is 0 Å². The van der Waals surface area contributed by atoms with Crippen LogP contribution in [0.1, 0.15) is 72.1 Å². The second-order valence-electron chi connectivity index (χ2n) is 9.75. The maximum atomic E-state index is 12.0. The molecule has 4 rings (SSSR count). The predicted octanol–water partition coefficient (Wildman–Crippen LogP) is 3.50. The van der Waals surface area contributed by atoms with Crippen molar-refractivity contribution in [2.45, 2.75) is 84.3 Å². The van der Waals surface area contributed by atoms with Crippen molar-refractivity contribution in [3.05, 3.63) is 0 Å². The standard InChI is InChI=1S/C21H32O4/c1-12(22)25-19-5-4-15-14-11-18(24)17-10-13(23)6-8-20(17,2)16(14)7-9-21(15,19)3/h14-19,24H,4-11H2,1-3H3/t14-,15-,16+,17+,18+,19-,20+,21-/m0/s1. The van der Waals surface area contributed by atoms with Crippen molar-refractivity contribution in [3.8, 4) is 0 Å². The van der Waals surface area contributed by atoms with Crippen molar-refractivity contribution >= 4 is 11.8 Å². The zero-order valence-corrected chi connectivity index (χ0v) is 15.8. The van der Waals surface area contributed by atoms with Crippen molar-refractivity contribution in [2.24, 2.45) is 34.5 Å². The van der Waals surface area contributed by atoms with Gasteiger partial charge < -0.3 is 9.84 Å². The molecular formula is C21H32O4. The summed E-state index contributed by atoms with van der Waals surface area (Å²) in [7, 11) is 0. The third kappa shape index (κ3) is 2.50.